The Labute approximate surface area is 179 Å². The number of para-hydroxylation sites is 1. The molecule has 0 spiro atoms. The van der Waals surface area contributed by atoms with Crippen molar-refractivity contribution in [3.05, 3.63) is 35.5 Å². The zero-order valence-electron chi connectivity index (χ0n) is 18.1. The molecule has 30 heavy (non-hydrogen) atoms. The van der Waals surface area contributed by atoms with Gasteiger partial charge in [0.15, 0.2) is 0 Å². The number of fused-ring (bicyclic) bond motifs is 3. The van der Waals surface area contributed by atoms with E-state index in [-0.39, 0.29) is 0 Å². The topological polar surface area (TPSA) is 45.8 Å². The number of nitrogens with one attached hydrogen (secondary N) is 1. The van der Waals surface area contributed by atoms with E-state index >= 15 is 0 Å². The summed E-state index contributed by atoms with van der Waals surface area (Å²) >= 11 is 0. The van der Waals surface area contributed by atoms with Gasteiger partial charge in [-0.1, -0.05) is 18.2 Å². The second-order valence-electron chi connectivity index (χ2n) is 9.21. The van der Waals surface area contributed by atoms with Crippen LogP contribution in [-0.4, -0.2) is 95.9 Å². The second kappa shape index (κ2) is 9.08. The molecule has 2 fully saturated rings. The number of carbonyl (C=O) groups excluding carboxylic acids is 1. The maximum atomic E-state index is 12.9. The van der Waals surface area contributed by atoms with Crippen molar-refractivity contribution in [2.75, 3.05) is 65.4 Å². The van der Waals surface area contributed by atoms with Crippen LogP contribution in [0.3, 0.4) is 0 Å². The van der Waals surface area contributed by atoms with Crippen LogP contribution in [0.2, 0.25) is 0 Å². The van der Waals surface area contributed by atoms with E-state index in [1.54, 1.807) is 0 Å². The van der Waals surface area contributed by atoms with Crippen LogP contribution >= 0.6 is 0 Å². The molecule has 0 saturated carbocycles. The Morgan fingerprint density at radius 2 is 1.60 bits per heavy atom. The molecule has 0 bridgehead atoms. The van der Waals surface area contributed by atoms with Crippen molar-refractivity contribution in [3.63, 3.8) is 0 Å². The van der Waals surface area contributed by atoms with Crippen molar-refractivity contribution in [2.24, 2.45) is 0 Å². The van der Waals surface area contributed by atoms with E-state index in [0.29, 0.717) is 12.5 Å². The van der Waals surface area contributed by atoms with E-state index < -0.39 is 0 Å². The monoisotopic (exact) mass is 409 g/mol. The molecule has 1 N–H and O–H groups in total. The minimum absolute atomic E-state index is 0.297. The van der Waals surface area contributed by atoms with E-state index in [1.807, 2.05) is 0 Å². The number of benzene rings is 1. The van der Waals surface area contributed by atoms with Gasteiger partial charge in [-0.15, -0.1) is 0 Å². The van der Waals surface area contributed by atoms with E-state index in [9.17, 15) is 4.79 Å². The minimum Gasteiger partial charge on any atom is -0.357 e. The highest BCUT2D eigenvalue weighted by atomic mass is 16.2. The maximum absolute atomic E-state index is 12.9. The first-order valence-corrected chi connectivity index (χ1v) is 11.8. The fraction of sp³-hybridized carbons (Fsp3) is 0.625. The fourth-order valence-corrected chi connectivity index (χ4v) is 5.42. The molecular formula is C24H35N5O. The molecule has 6 nitrogen and oxygen atoms in total. The third kappa shape index (κ3) is 4.41. The highest BCUT2D eigenvalue weighted by Gasteiger charge is 2.26. The summed E-state index contributed by atoms with van der Waals surface area (Å²) in [5, 5.41) is 1.35. The standard InChI is InChI=1S/C24H35N5O/c30-24(29-16-14-27(15-17-29)12-5-11-26-9-3-4-10-26)19-28-13-8-21-20-6-1-2-7-22(20)25-23(21)18-28/h1-2,6-7,25H,3-5,8-19H2. The number of carbonyl (C=O) groups is 1. The summed E-state index contributed by atoms with van der Waals surface area (Å²) < 4.78 is 0. The van der Waals surface area contributed by atoms with E-state index in [4.69, 9.17) is 0 Å². The molecule has 0 unspecified atom stereocenters. The number of likely N-dealkylation sites (tertiary alicyclic amines) is 1. The number of aromatic nitrogens is 1. The number of hydrogen-bond donors (Lipinski definition) is 1. The van der Waals surface area contributed by atoms with Crippen LogP contribution < -0.4 is 0 Å². The average molecular weight is 410 g/mol. The van der Waals surface area contributed by atoms with Crippen molar-refractivity contribution in [3.8, 4) is 0 Å². The van der Waals surface area contributed by atoms with Gasteiger partial charge in [0.1, 0.15) is 0 Å². The lowest BCUT2D eigenvalue weighted by Crippen LogP contribution is -2.51. The average Bonchev–Trinajstić information content (AvgIpc) is 3.41. The summed E-state index contributed by atoms with van der Waals surface area (Å²) in [6.07, 6.45) is 5.03. The molecule has 0 atom stereocenters. The molecule has 1 amide bonds. The van der Waals surface area contributed by atoms with Gasteiger partial charge in [-0.2, -0.15) is 0 Å². The van der Waals surface area contributed by atoms with Gasteiger partial charge in [0.2, 0.25) is 5.91 Å². The molecule has 0 radical (unpaired) electrons. The lowest BCUT2D eigenvalue weighted by Gasteiger charge is -2.36. The Morgan fingerprint density at radius 3 is 2.40 bits per heavy atom. The zero-order valence-corrected chi connectivity index (χ0v) is 18.1. The normalized spacial score (nSPS) is 21.4. The summed E-state index contributed by atoms with van der Waals surface area (Å²) in [5.74, 6) is 0.297. The van der Waals surface area contributed by atoms with Crippen molar-refractivity contribution >= 4 is 16.8 Å². The lowest BCUT2D eigenvalue weighted by molar-refractivity contribution is -0.134. The third-order valence-electron chi connectivity index (χ3n) is 7.19. The van der Waals surface area contributed by atoms with E-state index in [2.05, 4.69) is 48.8 Å². The number of nitrogens with zero attached hydrogens (tertiary/aromatic N) is 4. The van der Waals surface area contributed by atoms with Crippen molar-refractivity contribution in [1.82, 2.24) is 24.6 Å². The van der Waals surface area contributed by atoms with Gasteiger partial charge in [0.05, 0.1) is 6.54 Å². The Kier molecular flexibility index (Phi) is 6.07. The van der Waals surface area contributed by atoms with Gasteiger partial charge >= 0.3 is 0 Å². The lowest BCUT2D eigenvalue weighted by atomic mass is 10.0. The largest absolute Gasteiger partial charge is 0.357 e. The molecule has 4 heterocycles. The quantitative estimate of drug-likeness (QED) is 0.794. The van der Waals surface area contributed by atoms with Crippen LogP contribution in [-0.2, 0) is 17.8 Å². The summed E-state index contributed by atoms with van der Waals surface area (Å²) in [7, 11) is 0. The molecule has 3 aliphatic heterocycles. The van der Waals surface area contributed by atoms with Gasteiger partial charge in [0, 0.05) is 55.9 Å². The highest BCUT2D eigenvalue weighted by molar-refractivity contribution is 5.85. The second-order valence-corrected chi connectivity index (χ2v) is 9.21. The number of aromatic amines is 1. The predicted molar refractivity (Wildman–Crippen MR) is 121 cm³/mol. The van der Waals surface area contributed by atoms with Crippen molar-refractivity contribution < 1.29 is 4.79 Å². The van der Waals surface area contributed by atoms with Crippen LogP contribution in [0.25, 0.3) is 10.9 Å². The molecule has 2 saturated heterocycles. The van der Waals surface area contributed by atoms with Gasteiger partial charge in [0.25, 0.3) is 0 Å². The number of H-pyrrole nitrogens is 1. The van der Waals surface area contributed by atoms with Gasteiger partial charge in [-0.3, -0.25) is 14.6 Å². The van der Waals surface area contributed by atoms with Gasteiger partial charge in [-0.25, -0.2) is 0 Å². The predicted octanol–water partition coefficient (Wildman–Crippen LogP) is 2.16. The SMILES string of the molecule is O=C(CN1CCc2c([nH]c3ccccc23)C1)N1CCN(CCCN2CCCC2)CC1. The Morgan fingerprint density at radius 1 is 0.867 bits per heavy atom. The molecule has 6 heteroatoms. The molecular weight excluding hydrogens is 374 g/mol. The summed E-state index contributed by atoms with van der Waals surface area (Å²) in [5.41, 5.74) is 3.95. The van der Waals surface area contributed by atoms with Crippen molar-refractivity contribution in [2.45, 2.75) is 32.2 Å². The van der Waals surface area contributed by atoms with E-state index in [1.165, 1.54) is 67.6 Å². The summed E-state index contributed by atoms with van der Waals surface area (Å²) in [4.78, 5) is 26.0. The molecule has 3 aliphatic rings. The number of hydrogen-bond acceptors (Lipinski definition) is 4. The highest BCUT2D eigenvalue weighted by Crippen LogP contribution is 2.27. The first-order chi connectivity index (χ1) is 14.8. The molecule has 1 aromatic heterocycles. The third-order valence-corrected chi connectivity index (χ3v) is 7.19. The number of amides is 1. The maximum Gasteiger partial charge on any atom is 0.236 e. The van der Waals surface area contributed by atoms with Gasteiger partial charge < -0.3 is 14.8 Å². The Bertz CT molecular complexity index is 864. The molecule has 1 aromatic carbocycles. The first kappa shape index (κ1) is 20.0. The van der Waals surface area contributed by atoms with Crippen LogP contribution in [0.5, 0.6) is 0 Å². The molecule has 162 valence electrons. The molecule has 2 aromatic rings. The first-order valence-electron chi connectivity index (χ1n) is 11.8. The Balaban J connectivity index is 1.06. The van der Waals surface area contributed by atoms with Crippen LogP contribution in [0.1, 0.15) is 30.5 Å². The number of piperazine rings is 1. The zero-order chi connectivity index (χ0) is 20.3. The van der Waals surface area contributed by atoms with E-state index in [0.717, 1.165) is 45.7 Å². The Hall–Kier alpha value is -1.89. The van der Waals surface area contributed by atoms with Crippen LogP contribution in [0, 0.1) is 0 Å². The van der Waals surface area contributed by atoms with Crippen LogP contribution in [0.4, 0.5) is 0 Å². The van der Waals surface area contributed by atoms with Crippen LogP contribution in [0.15, 0.2) is 24.3 Å². The number of rotatable bonds is 6. The van der Waals surface area contributed by atoms with Crippen molar-refractivity contribution in [1.29, 1.82) is 0 Å². The van der Waals surface area contributed by atoms with Gasteiger partial charge in [-0.05, 0) is 63.5 Å². The fourth-order valence-electron chi connectivity index (χ4n) is 5.42. The summed E-state index contributed by atoms with van der Waals surface area (Å²) in [6.45, 7) is 11.2. The molecule has 5 rings (SSSR count). The minimum atomic E-state index is 0.297. The molecule has 0 aliphatic carbocycles. The smallest absolute Gasteiger partial charge is 0.236 e. The summed E-state index contributed by atoms with van der Waals surface area (Å²) in [6, 6.07) is 8.54.